The zero-order valence-corrected chi connectivity index (χ0v) is 11.8. The van der Waals surface area contributed by atoms with E-state index in [1.54, 1.807) is 0 Å². The second-order valence-corrected chi connectivity index (χ2v) is 6.21. The summed E-state index contributed by atoms with van der Waals surface area (Å²) in [4.78, 5) is 11.2. The first-order valence-corrected chi connectivity index (χ1v) is 6.53. The second kappa shape index (κ2) is 4.45. The Morgan fingerprint density at radius 3 is 2.41 bits per heavy atom. The van der Waals surface area contributed by atoms with E-state index in [-0.39, 0.29) is 5.41 Å². The summed E-state index contributed by atoms with van der Waals surface area (Å²) in [6.07, 6.45) is 3.83. The summed E-state index contributed by atoms with van der Waals surface area (Å²) in [7, 11) is 2.09. The van der Waals surface area contributed by atoms with Gasteiger partial charge in [-0.05, 0) is 19.3 Å². The van der Waals surface area contributed by atoms with Crippen LogP contribution in [0.15, 0.2) is 6.07 Å². The van der Waals surface area contributed by atoms with Crippen molar-refractivity contribution in [2.45, 2.75) is 51.5 Å². The standard InChI is InChI=1S/C13H20ClN3/c1-13(2,3)12-15-10(14)8-11(16-12)17(4)9-6-5-7-9/h8-9H,5-7H2,1-4H3. The maximum absolute atomic E-state index is 6.09. The molecule has 1 heterocycles. The molecule has 1 aliphatic rings. The van der Waals surface area contributed by atoms with Gasteiger partial charge in [-0.1, -0.05) is 32.4 Å². The maximum Gasteiger partial charge on any atom is 0.137 e. The molecule has 0 unspecified atom stereocenters. The highest BCUT2D eigenvalue weighted by atomic mass is 35.5. The van der Waals surface area contributed by atoms with Crippen LogP contribution in [0.5, 0.6) is 0 Å². The van der Waals surface area contributed by atoms with E-state index < -0.39 is 0 Å². The Morgan fingerprint density at radius 1 is 1.29 bits per heavy atom. The molecule has 3 nitrogen and oxygen atoms in total. The minimum absolute atomic E-state index is 0.0693. The van der Waals surface area contributed by atoms with Crippen molar-refractivity contribution in [3.05, 3.63) is 17.0 Å². The van der Waals surface area contributed by atoms with Gasteiger partial charge in [-0.3, -0.25) is 0 Å². The third-order valence-electron chi connectivity index (χ3n) is 3.34. The van der Waals surface area contributed by atoms with Crippen LogP contribution in [0.25, 0.3) is 0 Å². The monoisotopic (exact) mass is 253 g/mol. The number of aromatic nitrogens is 2. The smallest absolute Gasteiger partial charge is 0.137 e. The Labute approximate surface area is 108 Å². The third kappa shape index (κ3) is 2.71. The van der Waals surface area contributed by atoms with Crippen LogP contribution in [-0.4, -0.2) is 23.1 Å². The van der Waals surface area contributed by atoms with Gasteiger partial charge in [0.05, 0.1) is 0 Å². The van der Waals surface area contributed by atoms with Gasteiger partial charge in [-0.15, -0.1) is 0 Å². The van der Waals surface area contributed by atoms with Crippen LogP contribution in [-0.2, 0) is 5.41 Å². The van der Waals surface area contributed by atoms with E-state index in [0.717, 1.165) is 11.6 Å². The summed E-state index contributed by atoms with van der Waals surface area (Å²) >= 11 is 6.09. The van der Waals surface area contributed by atoms with Crippen molar-refractivity contribution >= 4 is 17.4 Å². The van der Waals surface area contributed by atoms with E-state index >= 15 is 0 Å². The van der Waals surface area contributed by atoms with Gasteiger partial charge in [0.15, 0.2) is 0 Å². The van der Waals surface area contributed by atoms with E-state index in [1.807, 2.05) is 6.07 Å². The number of nitrogens with zero attached hydrogens (tertiary/aromatic N) is 3. The molecule has 1 aromatic rings. The van der Waals surface area contributed by atoms with Gasteiger partial charge in [0.2, 0.25) is 0 Å². The molecular weight excluding hydrogens is 234 g/mol. The molecule has 94 valence electrons. The van der Waals surface area contributed by atoms with Crippen LogP contribution in [0.4, 0.5) is 5.82 Å². The molecule has 1 fully saturated rings. The minimum atomic E-state index is -0.0693. The van der Waals surface area contributed by atoms with E-state index in [9.17, 15) is 0 Å². The first-order valence-electron chi connectivity index (χ1n) is 6.16. The van der Waals surface area contributed by atoms with Crippen molar-refractivity contribution in [2.24, 2.45) is 0 Å². The highest BCUT2D eigenvalue weighted by Crippen LogP contribution is 2.29. The fraction of sp³-hybridized carbons (Fsp3) is 0.692. The predicted molar refractivity (Wildman–Crippen MR) is 71.8 cm³/mol. The lowest BCUT2D eigenvalue weighted by molar-refractivity contribution is 0.398. The summed E-state index contributed by atoms with van der Waals surface area (Å²) in [5.41, 5.74) is -0.0693. The molecule has 0 aromatic carbocycles. The number of hydrogen-bond acceptors (Lipinski definition) is 3. The van der Waals surface area contributed by atoms with Crippen LogP contribution in [0.1, 0.15) is 45.9 Å². The average Bonchev–Trinajstić information content (AvgIpc) is 2.12. The first kappa shape index (κ1) is 12.6. The number of halogens is 1. The van der Waals surface area contributed by atoms with Crippen molar-refractivity contribution in [1.82, 2.24) is 9.97 Å². The summed E-state index contributed by atoms with van der Waals surface area (Å²) in [6.45, 7) is 6.31. The lowest BCUT2D eigenvalue weighted by Gasteiger charge is -2.36. The first-order chi connectivity index (χ1) is 7.88. The molecule has 4 heteroatoms. The van der Waals surface area contributed by atoms with Gasteiger partial charge >= 0.3 is 0 Å². The lowest BCUT2D eigenvalue weighted by Crippen LogP contribution is -2.38. The van der Waals surface area contributed by atoms with E-state index in [0.29, 0.717) is 11.2 Å². The molecule has 17 heavy (non-hydrogen) atoms. The van der Waals surface area contributed by atoms with Gasteiger partial charge in [0.1, 0.15) is 16.8 Å². The van der Waals surface area contributed by atoms with Gasteiger partial charge in [0, 0.05) is 24.6 Å². The summed E-state index contributed by atoms with van der Waals surface area (Å²) in [6, 6.07) is 2.48. The highest BCUT2D eigenvalue weighted by molar-refractivity contribution is 6.29. The zero-order valence-electron chi connectivity index (χ0n) is 11.0. The molecule has 0 aliphatic heterocycles. The molecule has 1 aliphatic carbocycles. The van der Waals surface area contributed by atoms with Crippen LogP contribution < -0.4 is 4.90 Å². The van der Waals surface area contributed by atoms with Crippen molar-refractivity contribution in [2.75, 3.05) is 11.9 Å². The second-order valence-electron chi connectivity index (χ2n) is 5.82. The van der Waals surface area contributed by atoms with Crippen molar-refractivity contribution < 1.29 is 0 Å². The Bertz CT molecular complexity index is 408. The fourth-order valence-electron chi connectivity index (χ4n) is 1.88. The van der Waals surface area contributed by atoms with Crippen LogP contribution in [0.3, 0.4) is 0 Å². The van der Waals surface area contributed by atoms with E-state index in [4.69, 9.17) is 11.6 Å². The van der Waals surface area contributed by atoms with Crippen LogP contribution in [0, 0.1) is 0 Å². The normalized spacial score (nSPS) is 16.8. The van der Waals surface area contributed by atoms with E-state index in [2.05, 4.69) is 42.7 Å². The topological polar surface area (TPSA) is 29.0 Å². The predicted octanol–water partition coefficient (Wildman–Crippen LogP) is 3.42. The molecule has 0 atom stereocenters. The van der Waals surface area contributed by atoms with Gasteiger partial charge in [-0.25, -0.2) is 9.97 Å². The average molecular weight is 254 g/mol. The maximum atomic E-state index is 6.09. The minimum Gasteiger partial charge on any atom is -0.357 e. The van der Waals surface area contributed by atoms with Gasteiger partial charge in [0.25, 0.3) is 0 Å². The Hall–Kier alpha value is -0.830. The molecule has 1 aromatic heterocycles. The molecule has 0 bridgehead atoms. The summed E-state index contributed by atoms with van der Waals surface area (Å²) in [5, 5.41) is 0.533. The largest absolute Gasteiger partial charge is 0.357 e. The van der Waals surface area contributed by atoms with Crippen molar-refractivity contribution in [1.29, 1.82) is 0 Å². The molecule has 0 radical (unpaired) electrons. The molecule has 2 rings (SSSR count). The fourth-order valence-corrected chi connectivity index (χ4v) is 2.06. The Kier molecular flexibility index (Phi) is 3.30. The molecule has 0 saturated heterocycles. The van der Waals surface area contributed by atoms with Crippen molar-refractivity contribution in [3.63, 3.8) is 0 Å². The molecule has 0 N–H and O–H groups in total. The van der Waals surface area contributed by atoms with E-state index in [1.165, 1.54) is 19.3 Å². The quantitative estimate of drug-likeness (QED) is 0.757. The highest BCUT2D eigenvalue weighted by Gasteiger charge is 2.25. The molecule has 1 saturated carbocycles. The number of anilines is 1. The SMILES string of the molecule is CN(c1cc(Cl)nc(C(C)(C)C)n1)C1CCC1. The summed E-state index contributed by atoms with van der Waals surface area (Å²) in [5.74, 6) is 1.76. The Morgan fingerprint density at radius 2 is 1.94 bits per heavy atom. The lowest BCUT2D eigenvalue weighted by atomic mass is 9.92. The molecule has 0 spiro atoms. The van der Waals surface area contributed by atoms with Crippen molar-refractivity contribution in [3.8, 4) is 0 Å². The van der Waals surface area contributed by atoms with Gasteiger partial charge in [-0.2, -0.15) is 0 Å². The van der Waals surface area contributed by atoms with Crippen LogP contribution >= 0.6 is 11.6 Å². The van der Waals surface area contributed by atoms with Gasteiger partial charge < -0.3 is 4.90 Å². The third-order valence-corrected chi connectivity index (χ3v) is 3.53. The van der Waals surface area contributed by atoms with Crippen LogP contribution in [0.2, 0.25) is 5.15 Å². The number of hydrogen-bond donors (Lipinski definition) is 0. The number of rotatable bonds is 2. The summed E-state index contributed by atoms with van der Waals surface area (Å²) < 4.78 is 0. The molecular formula is C13H20ClN3. The molecule has 0 amide bonds. The zero-order chi connectivity index (χ0) is 12.6. The Balaban J connectivity index is 2.30.